The zero-order valence-electron chi connectivity index (χ0n) is 15.6. The number of hydrogen-bond donors (Lipinski definition) is 0. The van der Waals surface area contributed by atoms with Gasteiger partial charge in [0.05, 0.1) is 29.8 Å². The standard InChI is InChI=1S/C23H22N2O2/c1-3-25-20-10-6-4-8-18(20)22(24-19-9-5-7-11-21(19)25)16-12-14-17(15-13-16)23(26)27-2/h4-6,8-10,12-15H,3,7,11H2,1-2H3. The van der Waals surface area contributed by atoms with E-state index in [1.165, 1.54) is 18.5 Å². The predicted octanol–water partition coefficient (Wildman–Crippen LogP) is 4.71. The fourth-order valence-electron chi connectivity index (χ4n) is 3.71. The second-order valence-electron chi connectivity index (χ2n) is 6.56. The zero-order chi connectivity index (χ0) is 18.8. The molecule has 0 aromatic heterocycles. The molecule has 0 N–H and O–H groups in total. The van der Waals surface area contributed by atoms with Gasteiger partial charge in [0.15, 0.2) is 0 Å². The van der Waals surface area contributed by atoms with Crippen LogP contribution in [0, 0.1) is 0 Å². The first-order valence-corrected chi connectivity index (χ1v) is 9.27. The van der Waals surface area contributed by atoms with Crippen LogP contribution in [0.15, 0.2) is 77.1 Å². The SMILES string of the molecule is CCN1C2=C(C=CCC2)N=C(c2ccc(C(=O)OC)cc2)c2ccccc21. The number of carbonyl (C=O) groups is 1. The van der Waals surface area contributed by atoms with Crippen molar-refractivity contribution in [3.05, 3.63) is 88.8 Å². The van der Waals surface area contributed by atoms with Crippen LogP contribution in [0.5, 0.6) is 0 Å². The number of fused-ring (bicyclic) bond motifs is 1. The van der Waals surface area contributed by atoms with Crippen LogP contribution in [0.1, 0.15) is 41.3 Å². The van der Waals surface area contributed by atoms with Crippen LogP contribution < -0.4 is 4.90 Å². The molecule has 0 amide bonds. The summed E-state index contributed by atoms with van der Waals surface area (Å²) in [6.07, 6.45) is 6.34. The number of hydrogen-bond acceptors (Lipinski definition) is 4. The number of esters is 1. The van der Waals surface area contributed by atoms with Crippen LogP contribution in [-0.2, 0) is 4.74 Å². The molecular formula is C23H22N2O2. The Morgan fingerprint density at radius 1 is 1.15 bits per heavy atom. The molecular weight excluding hydrogens is 336 g/mol. The summed E-state index contributed by atoms with van der Waals surface area (Å²) in [6, 6.07) is 15.9. The number of rotatable bonds is 3. The number of nitrogens with zero attached hydrogens (tertiary/aromatic N) is 2. The number of methoxy groups -OCH3 is 1. The van der Waals surface area contributed by atoms with Gasteiger partial charge in [0.1, 0.15) is 0 Å². The molecule has 0 atom stereocenters. The third kappa shape index (κ3) is 3.08. The summed E-state index contributed by atoms with van der Waals surface area (Å²) in [6.45, 7) is 3.07. The van der Waals surface area contributed by atoms with Gasteiger partial charge in [-0.15, -0.1) is 0 Å². The Hall–Kier alpha value is -3.14. The van der Waals surface area contributed by atoms with Crippen molar-refractivity contribution in [1.29, 1.82) is 0 Å². The number of anilines is 1. The van der Waals surface area contributed by atoms with Gasteiger partial charge < -0.3 is 9.64 Å². The molecule has 1 heterocycles. The molecule has 2 aliphatic rings. The molecule has 136 valence electrons. The lowest BCUT2D eigenvalue weighted by Gasteiger charge is -2.28. The Bertz CT molecular complexity index is 968. The first kappa shape index (κ1) is 17.3. The Morgan fingerprint density at radius 2 is 1.93 bits per heavy atom. The summed E-state index contributed by atoms with van der Waals surface area (Å²) >= 11 is 0. The average molecular weight is 358 g/mol. The molecule has 0 spiro atoms. The monoisotopic (exact) mass is 358 g/mol. The second-order valence-corrected chi connectivity index (χ2v) is 6.56. The summed E-state index contributed by atoms with van der Waals surface area (Å²) in [5.74, 6) is -0.331. The van der Waals surface area contributed by atoms with Crippen molar-refractivity contribution in [3.8, 4) is 0 Å². The number of allylic oxidation sites excluding steroid dienone is 3. The fraction of sp³-hybridized carbons (Fsp3) is 0.217. The second kappa shape index (κ2) is 7.23. The molecule has 4 rings (SSSR count). The molecule has 0 saturated carbocycles. The minimum atomic E-state index is -0.331. The maximum Gasteiger partial charge on any atom is 0.337 e. The minimum absolute atomic E-state index is 0.331. The highest BCUT2D eigenvalue weighted by Gasteiger charge is 2.24. The molecule has 4 nitrogen and oxygen atoms in total. The summed E-state index contributed by atoms with van der Waals surface area (Å²) in [7, 11) is 1.39. The van der Waals surface area contributed by atoms with E-state index in [1.807, 2.05) is 18.2 Å². The van der Waals surface area contributed by atoms with Crippen molar-refractivity contribution in [2.75, 3.05) is 18.6 Å². The van der Waals surface area contributed by atoms with E-state index in [-0.39, 0.29) is 5.97 Å². The number of aliphatic imine (C=N–C) groups is 1. The lowest BCUT2D eigenvalue weighted by atomic mass is 9.99. The summed E-state index contributed by atoms with van der Waals surface area (Å²) in [4.78, 5) is 19.2. The van der Waals surface area contributed by atoms with Crippen LogP contribution in [0.4, 0.5) is 5.69 Å². The lowest BCUT2D eigenvalue weighted by Crippen LogP contribution is -2.24. The zero-order valence-corrected chi connectivity index (χ0v) is 15.6. The van der Waals surface area contributed by atoms with Crippen molar-refractivity contribution in [2.24, 2.45) is 4.99 Å². The van der Waals surface area contributed by atoms with Crippen molar-refractivity contribution in [2.45, 2.75) is 19.8 Å². The molecule has 2 aromatic rings. The average Bonchev–Trinajstić information content (AvgIpc) is 2.87. The van der Waals surface area contributed by atoms with E-state index in [2.05, 4.69) is 42.2 Å². The van der Waals surface area contributed by atoms with Crippen LogP contribution in [0.2, 0.25) is 0 Å². The Balaban J connectivity index is 1.88. The highest BCUT2D eigenvalue weighted by Crippen LogP contribution is 2.35. The molecule has 1 aliphatic carbocycles. The maximum absolute atomic E-state index is 11.7. The number of benzene rings is 2. The summed E-state index contributed by atoms with van der Waals surface area (Å²) in [5.41, 5.74) is 7.02. The van der Waals surface area contributed by atoms with Gasteiger partial charge in [-0.2, -0.15) is 0 Å². The van der Waals surface area contributed by atoms with Crippen molar-refractivity contribution >= 4 is 17.4 Å². The van der Waals surface area contributed by atoms with E-state index in [9.17, 15) is 4.79 Å². The molecule has 1 aliphatic heterocycles. The lowest BCUT2D eigenvalue weighted by molar-refractivity contribution is 0.0600. The summed E-state index contributed by atoms with van der Waals surface area (Å²) < 4.78 is 4.80. The fourth-order valence-corrected chi connectivity index (χ4v) is 3.71. The van der Waals surface area contributed by atoms with Crippen LogP contribution in [0.25, 0.3) is 0 Å². The largest absolute Gasteiger partial charge is 0.465 e. The van der Waals surface area contributed by atoms with Gasteiger partial charge >= 0.3 is 5.97 Å². The number of ether oxygens (including phenoxy) is 1. The van der Waals surface area contributed by atoms with Gasteiger partial charge in [-0.05, 0) is 44.0 Å². The van der Waals surface area contributed by atoms with E-state index in [1.54, 1.807) is 12.1 Å². The van der Waals surface area contributed by atoms with E-state index in [0.717, 1.165) is 41.9 Å². The first-order chi connectivity index (χ1) is 13.2. The Labute approximate surface area is 159 Å². The van der Waals surface area contributed by atoms with Crippen LogP contribution >= 0.6 is 0 Å². The highest BCUT2D eigenvalue weighted by molar-refractivity contribution is 6.17. The molecule has 2 aromatic carbocycles. The molecule has 0 saturated heterocycles. The van der Waals surface area contributed by atoms with E-state index >= 15 is 0 Å². The first-order valence-electron chi connectivity index (χ1n) is 9.27. The van der Waals surface area contributed by atoms with Gasteiger partial charge in [0.25, 0.3) is 0 Å². The smallest absolute Gasteiger partial charge is 0.337 e. The molecule has 0 unspecified atom stereocenters. The van der Waals surface area contributed by atoms with Crippen LogP contribution in [0.3, 0.4) is 0 Å². The molecule has 27 heavy (non-hydrogen) atoms. The molecule has 4 heteroatoms. The van der Waals surface area contributed by atoms with E-state index < -0.39 is 0 Å². The Kier molecular flexibility index (Phi) is 4.63. The number of carbonyl (C=O) groups excluding carboxylic acids is 1. The molecule has 0 radical (unpaired) electrons. The van der Waals surface area contributed by atoms with E-state index in [0.29, 0.717) is 5.56 Å². The third-order valence-corrected chi connectivity index (χ3v) is 5.02. The van der Waals surface area contributed by atoms with Gasteiger partial charge in [-0.25, -0.2) is 9.79 Å². The minimum Gasteiger partial charge on any atom is -0.465 e. The van der Waals surface area contributed by atoms with Gasteiger partial charge in [0, 0.05) is 23.4 Å². The van der Waals surface area contributed by atoms with Gasteiger partial charge in [0.2, 0.25) is 0 Å². The Morgan fingerprint density at radius 3 is 2.67 bits per heavy atom. The van der Waals surface area contributed by atoms with E-state index in [4.69, 9.17) is 9.73 Å². The molecule has 0 fully saturated rings. The predicted molar refractivity (Wildman–Crippen MR) is 108 cm³/mol. The molecule has 0 bridgehead atoms. The summed E-state index contributed by atoms with van der Waals surface area (Å²) in [5, 5.41) is 0. The quantitative estimate of drug-likeness (QED) is 0.746. The van der Waals surface area contributed by atoms with Gasteiger partial charge in [-0.3, -0.25) is 0 Å². The van der Waals surface area contributed by atoms with Gasteiger partial charge in [-0.1, -0.05) is 36.4 Å². The normalized spacial score (nSPS) is 15.6. The van der Waals surface area contributed by atoms with Crippen molar-refractivity contribution in [1.82, 2.24) is 0 Å². The maximum atomic E-state index is 11.7. The highest BCUT2D eigenvalue weighted by atomic mass is 16.5. The number of para-hydroxylation sites is 1. The third-order valence-electron chi connectivity index (χ3n) is 5.02. The topological polar surface area (TPSA) is 41.9 Å². The van der Waals surface area contributed by atoms with Crippen molar-refractivity contribution in [3.63, 3.8) is 0 Å². The van der Waals surface area contributed by atoms with Crippen LogP contribution in [-0.4, -0.2) is 25.3 Å². The van der Waals surface area contributed by atoms with Crippen molar-refractivity contribution < 1.29 is 9.53 Å².